The summed E-state index contributed by atoms with van der Waals surface area (Å²) in [5.41, 5.74) is 1.67. The number of rotatable bonds is 9. The molecule has 2 aliphatic rings. The zero-order valence-electron chi connectivity index (χ0n) is 19.7. The first kappa shape index (κ1) is 25.0. The standard InChI is InChI=1S/C26H29N3O5S/c1-32-15-5-12-29-25(31)23(35-26(29)27-21-6-3-2-4-7-21)18-20-8-10-22(11-9-20)34-19-24(30)28-13-16-33-17-14-28/h2-4,6-11,18H,5,12-17,19H2,1H3/b23-18-,27-26?. The number of hydrogen-bond donors (Lipinski definition) is 0. The number of morpholine rings is 1. The quantitative estimate of drug-likeness (QED) is 0.391. The fraction of sp³-hybridized carbons (Fsp3) is 0.346. The Morgan fingerprint density at radius 2 is 1.86 bits per heavy atom. The molecular weight excluding hydrogens is 466 g/mol. The lowest BCUT2D eigenvalue weighted by Gasteiger charge is -2.26. The summed E-state index contributed by atoms with van der Waals surface area (Å²) >= 11 is 1.36. The van der Waals surface area contributed by atoms with E-state index in [9.17, 15) is 9.59 Å². The van der Waals surface area contributed by atoms with Crippen LogP contribution >= 0.6 is 11.8 Å². The van der Waals surface area contributed by atoms with Crippen molar-refractivity contribution in [3.63, 3.8) is 0 Å². The van der Waals surface area contributed by atoms with E-state index in [0.717, 1.165) is 17.7 Å². The highest BCUT2D eigenvalue weighted by Crippen LogP contribution is 2.34. The summed E-state index contributed by atoms with van der Waals surface area (Å²) in [6, 6.07) is 17.0. The molecule has 0 spiro atoms. The fourth-order valence-corrected chi connectivity index (χ4v) is 4.65. The van der Waals surface area contributed by atoms with Crippen molar-refractivity contribution >= 4 is 40.5 Å². The molecule has 0 saturated carbocycles. The van der Waals surface area contributed by atoms with Gasteiger partial charge < -0.3 is 19.1 Å². The average molecular weight is 496 g/mol. The summed E-state index contributed by atoms with van der Waals surface area (Å²) in [4.78, 5) is 34.2. The lowest BCUT2D eigenvalue weighted by Crippen LogP contribution is -2.42. The van der Waals surface area contributed by atoms with Crippen molar-refractivity contribution in [2.24, 2.45) is 4.99 Å². The number of thioether (sulfide) groups is 1. The van der Waals surface area contributed by atoms with Crippen LogP contribution in [-0.2, 0) is 19.1 Å². The molecule has 0 unspecified atom stereocenters. The highest BCUT2D eigenvalue weighted by Gasteiger charge is 2.33. The maximum Gasteiger partial charge on any atom is 0.266 e. The molecule has 8 nitrogen and oxygen atoms in total. The molecule has 2 aromatic rings. The Bertz CT molecular complexity index is 1070. The van der Waals surface area contributed by atoms with Crippen molar-refractivity contribution in [2.75, 3.05) is 53.2 Å². The van der Waals surface area contributed by atoms with E-state index in [1.54, 1.807) is 29.0 Å². The molecule has 0 radical (unpaired) electrons. The van der Waals surface area contributed by atoms with Crippen molar-refractivity contribution in [1.29, 1.82) is 0 Å². The molecule has 0 aliphatic carbocycles. The number of para-hydroxylation sites is 1. The molecule has 9 heteroatoms. The lowest BCUT2D eigenvalue weighted by molar-refractivity contribution is -0.137. The summed E-state index contributed by atoms with van der Waals surface area (Å²) in [5, 5.41) is 0.658. The van der Waals surface area contributed by atoms with Gasteiger partial charge in [0.2, 0.25) is 0 Å². The van der Waals surface area contributed by atoms with Gasteiger partial charge in [-0.15, -0.1) is 0 Å². The third-order valence-electron chi connectivity index (χ3n) is 5.50. The van der Waals surface area contributed by atoms with Gasteiger partial charge in [-0.2, -0.15) is 0 Å². The van der Waals surface area contributed by atoms with Crippen LogP contribution in [0, 0.1) is 0 Å². The highest BCUT2D eigenvalue weighted by atomic mass is 32.2. The molecule has 0 aromatic heterocycles. The molecule has 2 saturated heterocycles. The molecular formula is C26H29N3O5S. The number of ether oxygens (including phenoxy) is 3. The Labute approximate surface area is 209 Å². The van der Waals surface area contributed by atoms with Crippen molar-refractivity contribution in [2.45, 2.75) is 6.42 Å². The number of nitrogens with zero attached hydrogens (tertiary/aromatic N) is 3. The Balaban J connectivity index is 1.42. The van der Waals surface area contributed by atoms with Gasteiger partial charge in [0.25, 0.3) is 11.8 Å². The van der Waals surface area contributed by atoms with Gasteiger partial charge in [0.15, 0.2) is 11.8 Å². The zero-order chi connectivity index (χ0) is 24.5. The summed E-state index contributed by atoms with van der Waals surface area (Å²) in [5.74, 6) is 0.482. The number of carbonyl (C=O) groups excluding carboxylic acids is 2. The second-order valence-electron chi connectivity index (χ2n) is 7.99. The minimum atomic E-state index is -0.0720. The number of hydrogen-bond acceptors (Lipinski definition) is 7. The zero-order valence-corrected chi connectivity index (χ0v) is 20.5. The molecule has 184 valence electrons. The molecule has 0 bridgehead atoms. The summed E-state index contributed by atoms with van der Waals surface area (Å²) in [6.07, 6.45) is 2.57. The highest BCUT2D eigenvalue weighted by molar-refractivity contribution is 8.18. The van der Waals surface area contributed by atoms with Crippen LogP contribution in [0.25, 0.3) is 6.08 Å². The van der Waals surface area contributed by atoms with Crippen LogP contribution < -0.4 is 4.74 Å². The number of amidine groups is 1. The number of benzene rings is 2. The minimum Gasteiger partial charge on any atom is -0.484 e. The van der Waals surface area contributed by atoms with Gasteiger partial charge in [0.05, 0.1) is 23.8 Å². The van der Waals surface area contributed by atoms with E-state index in [4.69, 9.17) is 19.2 Å². The number of methoxy groups -OCH3 is 1. The van der Waals surface area contributed by atoms with E-state index >= 15 is 0 Å². The monoisotopic (exact) mass is 495 g/mol. The number of carbonyl (C=O) groups is 2. The molecule has 35 heavy (non-hydrogen) atoms. The third-order valence-corrected chi connectivity index (χ3v) is 6.51. The van der Waals surface area contributed by atoms with Gasteiger partial charge in [-0.1, -0.05) is 30.3 Å². The third kappa shape index (κ3) is 6.94. The minimum absolute atomic E-state index is 0.00941. The van der Waals surface area contributed by atoms with Gasteiger partial charge in [0, 0.05) is 33.4 Å². The number of amides is 2. The van der Waals surface area contributed by atoms with Crippen molar-refractivity contribution in [3.05, 3.63) is 65.1 Å². The summed E-state index contributed by atoms with van der Waals surface area (Å²) < 4.78 is 16.1. The van der Waals surface area contributed by atoms with Gasteiger partial charge in [0.1, 0.15) is 5.75 Å². The Hall–Kier alpha value is -3.14. The van der Waals surface area contributed by atoms with E-state index in [2.05, 4.69) is 0 Å². The van der Waals surface area contributed by atoms with E-state index in [1.807, 2.05) is 48.5 Å². The van der Waals surface area contributed by atoms with E-state index in [0.29, 0.717) is 55.3 Å². The van der Waals surface area contributed by atoms with Crippen LogP contribution in [0.15, 0.2) is 64.5 Å². The predicted octanol–water partition coefficient (Wildman–Crippen LogP) is 3.56. The first-order valence-corrected chi connectivity index (χ1v) is 12.4. The van der Waals surface area contributed by atoms with Crippen LogP contribution in [-0.4, -0.2) is 80.0 Å². The van der Waals surface area contributed by atoms with Gasteiger partial charge >= 0.3 is 0 Å². The largest absolute Gasteiger partial charge is 0.484 e. The molecule has 2 heterocycles. The summed E-state index contributed by atoms with van der Waals surface area (Å²) in [6.45, 7) is 3.41. The fourth-order valence-electron chi connectivity index (χ4n) is 3.63. The Kier molecular flexibility index (Phi) is 8.94. The second kappa shape index (κ2) is 12.5. The Morgan fingerprint density at radius 1 is 1.11 bits per heavy atom. The lowest BCUT2D eigenvalue weighted by atomic mass is 10.2. The van der Waals surface area contributed by atoms with Gasteiger partial charge in [-0.05, 0) is 54.1 Å². The molecule has 2 amide bonds. The topological polar surface area (TPSA) is 80.7 Å². The smallest absolute Gasteiger partial charge is 0.266 e. The molecule has 4 rings (SSSR count). The first-order valence-electron chi connectivity index (χ1n) is 11.6. The van der Waals surface area contributed by atoms with Gasteiger partial charge in [-0.25, -0.2) is 4.99 Å². The molecule has 2 fully saturated rings. The Morgan fingerprint density at radius 3 is 2.57 bits per heavy atom. The van der Waals surface area contributed by atoms with E-state index < -0.39 is 0 Å². The maximum atomic E-state index is 13.1. The molecule has 0 atom stereocenters. The number of aliphatic imine (C=N–C) groups is 1. The van der Waals surface area contributed by atoms with Crippen molar-refractivity contribution < 1.29 is 23.8 Å². The molecule has 0 N–H and O–H groups in total. The second-order valence-corrected chi connectivity index (χ2v) is 9.00. The normalized spacial score (nSPS) is 18.5. The maximum absolute atomic E-state index is 13.1. The predicted molar refractivity (Wildman–Crippen MR) is 137 cm³/mol. The van der Waals surface area contributed by atoms with Crippen LogP contribution in [0.5, 0.6) is 5.75 Å². The van der Waals surface area contributed by atoms with E-state index in [-0.39, 0.29) is 18.4 Å². The average Bonchev–Trinajstić information content (AvgIpc) is 3.18. The molecule has 2 aromatic carbocycles. The van der Waals surface area contributed by atoms with Crippen molar-refractivity contribution in [1.82, 2.24) is 9.80 Å². The van der Waals surface area contributed by atoms with Gasteiger partial charge in [-0.3, -0.25) is 14.5 Å². The first-order chi connectivity index (χ1) is 17.1. The van der Waals surface area contributed by atoms with Crippen LogP contribution in [0.3, 0.4) is 0 Å². The van der Waals surface area contributed by atoms with Crippen LogP contribution in [0.1, 0.15) is 12.0 Å². The summed E-state index contributed by atoms with van der Waals surface area (Å²) in [7, 11) is 1.65. The van der Waals surface area contributed by atoms with Crippen molar-refractivity contribution in [3.8, 4) is 5.75 Å². The van der Waals surface area contributed by atoms with Crippen LogP contribution in [0.2, 0.25) is 0 Å². The molecule has 2 aliphatic heterocycles. The van der Waals surface area contributed by atoms with E-state index in [1.165, 1.54) is 11.8 Å². The van der Waals surface area contributed by atoms with Crippen LogP contribution in [0.4, 0.5) is 5.69 Å². The SMILES string of the molecule is COCCCN1C(=O)/C(=C/c2ccc(OCC(=O)N3CCOCC3)cc2)SC1=Nc1ccccc1.